The van der Waals surface area contributed by atoms with E-state index in [1.165, 1.54) is 12.8 Å². The van der Waals surface area contributed by atoms with Crippen LogP contribution in [0.5, 0.6) is 0 Å². The van der Waals surface area contributed by atoms with Gasteiger partial charge in [0.05, 0.1) is 4.90 Å². The largest absolute Gasteiger partial charge is 0.315 e. The number of nitrogens with one attached hydrogen (secondary N) is 1. The fourth-order valence-electron chi connectivity index (χ4n) is 4.21. The van der Waals surface area contributed by atoms with Crippen molar-refractivity contribution in [1.29, 1.82) is 0 Å². The van der Waals surface area contributed by atoms with Crippen molar-refractivity contribution in [3.05, 3.63) is 29.8 Å². The molecule has 0 amide bonds. The molecule has 2 saturated heterocycles. The van der Waals surface area contributed by atoms with E-state index < -0.39 is 10.0 Å². The summed E-state index contributed by atoms with van der Waals surface area (Å²) in [4.78, 5) is 2.96. The number of rotatable bonds is 8. The lowest BCUT2D eigenvalue weighted by Crippen LogP contribution is -2.49. The van der Waals surface area contributed by atoms with Crippen molar-refractivity contribution in [3.63, 3.8) is 0 Å². The van der Waals surface area contributed by atoms with Crippen LogP contribution >= 0.6 is 12.4 Å². The number of benzene rings is 1. The molecule has 154 valence electrons. The van der Waals surface area contributed by atoms with Gasteiger partial charge in [-0.15, -0.1) is 12.4 Å². The number of halogens is 1. The normalized spacial score (nSPS) is 21.3. The second-order valence-electron chi connectivity index (χ2n) is 7.48. The molecule has 0 bridgehead atoms. The molecule has 1 atom stereocenters. The summed E-state index contributed by atoms with van der Waals surface area (Å²) in [7, 11) is -3.46. The molecular weight excluding hydrogens is 382 g/mol. The van der Waals surface area contributed by atoms with Gasteiger partial charge in [0.2, 0.25) is 10.0 Å². The first-order valence-corrected chi connectivity index (χ1v) is 11.6. The summed E-state index contributed by atoms with van der Waals surface area (Å²) in [5.41, 5.74) is 0.917. The van der Waals surface area contributed by atoms with Gasteiger partial charge in [-0.05, 0) is 76.3 Å². The molecule has 0 aromatic heterocycles. The van der Waals surface area contributed by atoms with Gasteiger partial charge >= 0.3 is 0 Å². The van der Waals surface area contributed by atoms with E-state index in [1.807, 2.05) is 25.1 Å². The van der Waals surface area contributed by atoms with Crippen molar-refractivity contribution >= 4 is 22.4 Å². The number of sulfonamides is 1. The number of piperidine rings is 1. The summed E-state index contributed by atoms with van der Waals surface area (Å²) in [5.74, 6) is 0. The molecule has 0 saturated carbocycles. The highest BCUT2D eigenvalue weighted by Crippen LogP contribution is 2.25. The van der Waals surface area contributed by atoms with Crippen LogP contribution in [0, 0.1) is 0 Å². The number of aryl methyl sites for hydroxylation is 1. The monoisotopic (exact) mass is 415 g/mol. The summed E-state index contributed by atoms with van der Waals surface area (Å²) in [5, 5.41) is 3.38. The highest BCUT2D eigenvalue weighted by molar-refractivity contribution is 7.89. The Morgan fingerprint density at radius 3 is 2.59 bits per heavy atom. The third-order valence-electron chi connectivity index (χ3n) is 5.67. The van der Waals surface area contributed by atoms with Gasteiger partial charge < -0.3 is 10.2 Å². The van der Waals surface area contributed by atoms with E-state index in [-0.39, 0.29) is 18.4 Å². The molecule has 2 fully saturated rings. The lowest BCUT2D eigenvalue weighted by atomic mass is 10.1. The molecule has 5 nitrogen and oxygen atoms in total. The second-order valence-corrected chi connectivity index (χ2v) is 9.34. The van der Waals surface area contributed by atoms with Gasteiger partial charge in [0, 0.05) is 19.1 Å². The average Bonchev–Trinajstić information content (AvgIpc) is 3.19. The Balaban J connectivity index is 0.00000261. The Morgan fingerprint density at radius 1 is 1.19 bits per heavy atom. The highest BCUT2D eigenvalue weighted by atomic mass is 35.5. The number of likely N-dealkylation sites (tertiary alicyclic amines) is 1. The molecule has 27 heavy (non-hydrogen) atoms. The van der Waals surface area contributed by atoms with Crippen LogP contribution in [0.25, 0.3) is 0 Å². The van der Waals surface area contributed by atoms with Crippen molar-refractivity contribution in [3.8, 4) is 0 Å². The fourth-order valence-corrected chi connectivity index (χ4v) is 6.20. The Morgan fingerprint density at radius 2 is 1.93 bits per heavy atom. The Labute approximate surface area is 171 Å². The molecule has 0 aliphatic carbocycles. The van der Waals surface area contributed by atoms with Gasteiger partial charge in [0.25, 0.3) is 0 Å². The van der Waals surface area contributed by atoms with E-state index >= 15 is 0 Å². The molecule has 3 rings (SSSR count). The SMILES string of the molecule is CCc1ccccc1S(=O)(=O)N(CCCN1CCCC1)C1CCCNC1.Cl. The molecule has 1 unspecified atom stereocenters. The first-order chi connectivity index (χ1) is 12.6. The van der Waals surface area contributed by atoms with E-state index in [4.69, 9.17) is 0 Å². The van der Waals surface area contributed by atoms with Crippen LogP contribution in [0.4, 0.5) is 0 Å². The van der Waals surface area contributed by atoms with E-state index in [1.54, 1.807) is 10.4 Å². The van der Waals surface area contributed by atoms with Gasteiger partial charge in [-0.3, -0.25) is 0 Å². The minimum absolute atomic E-state index is 0. The van der Waals surface area contributed by atoms with Crippen molar-refractivity contribution in [2.45, 2.75) is 56.4 Å². The number of hydrogen-bond donors (Lipinski definition) is 1. The minimum Gasteiger partial charge on any atom is -0.315 e. The van der Waals surface area contributed by atoms with Crippen LogP contribution in [-0.2, 0) is 16.4 Å². The van der Waals surface area contributed by atoms with E-state index in [0.29, 0.717) is 11.4 Å². The smallest absolute Gasteiger partial charge is 0.243 e. The molecule has 2 heterocycles. The molecule has 2 aliphatic heterocycles. The third-order valence-corrected chi connectivity index (χ3v) is 7.72. The van der Waals surface area contributed by atoms with E-state index in [2.05, 4.69) is 10.2 Å². The molecule has 1 aromatic rings. The molecule has 7 heteroatoms. The van der Waals surface area contributed by atoms with Crippen molar-refractivity contribution in [2.75, 3.05) is 39.3 Å². The summed E-state index contributed by atoms with van der Waals surface area (Å²) in [6.07, 6.45) is 6.18. The topological polar surface area (TPSA) is 52.7 Å². The zero-order valence-corrected chi connectivity index (χ0v) is 18.0. The molecule has 2 aliphatic rings. The maximum absolute atomic E-state index is 13.5. The first kappa shape index (κ1) is 22.6. The number of hydrogen-bond acceptors (Lipinski definition) is 4. The Kier molecular flexibility index (Phi) is 9.02. The second kappa shape index (κ2) is 10.8. The van der Waals surface area contributed by atoms with Gasteiger partial charge in [0.1, 0.15) is 0 Å². The Bertz CT molecular complexity index is 672. The summed E-state index contributed by atoms with van der Waals surface area (Å²) < 4.78 is 28.8. The maximum atomic E-state index is 13.5. The van der Waals surface area contributed by atoms with E-state index in [0.717, 1.165) is 64.0 Å². The number of nitrogens with zero attached hydrogens (tertiary/aromatic N) is 2. The fraction of sp³-hybridized carbons (Fsp3) is 0.700. The maximum Gasteiger partial charge on any atom is 0.243 e. The van der Waals surface area contributed by atoms with Gasteiger partial charge in [0.15, 0.2) is 0 Å². The van der Waals surface area contributed by atoms with Crippen LogP contribution in [0.15, 0.2) is 29.2 Å². The zero-order chi connectivity index (χ0) is 18.4. The summed E-state index contributed by atoms with van der Waals surface area (Å²) in [6, 6.07) is 7.55. The minimum atomic E-state index is -3.46. The first-order valence-electron chi connectivity index (χ1n) is 10.2. The molecule has 0 radical (unpaired) electrons. The molecular formula is C20H34ClN3O2S. The Hall–Kier alpha value is -0.660. The summed E-state index contributed by atoms with van der Waals surface area (Å²) >= 11 is 0. The van der Waals surface area contributed by atoms with Crippen LogP contribution < -0.4 is 5.32 Å². The quantitative estimate of drug-likeness (QED) is 0.709. The lowest BCUT2D eigenvalue weighted by molar-refractivity contribution is 0.246. The van der Waals surface area contributed by atoms with Crippen molar-refractivity contribution in [2.24, 2.45) is 0 Å². The van der Waals surface area contributed by atoms with E-state index in [9.17, 15) is 8.42 Å². The van der Waals surface area contributed by atoms with Crippen LogP contribution in [0.2, 0.25) is 0 Å². The predicted octanol–water partition coefficient (Wildman–Crippen LogP) is 2.90. The highest BCUT2D eigenvalue weighted by Gasteiger charge is 2.33. The zero-order valence-electron chi connectivity index (χ0n) is 16.4. The van der Waals surface area contributed by atoms with Crippen LogP contribution in [0.1, 0.15) is 44.6 Å². The van der Waals surface area contributed by atoms with Gasteiger partial charge in [-0.2, -0.15) is 4.31 Å². The standard InChI is InChI=1S/C20H33N3O2S.ClH/c1-2-18-9-3-4-11-20(18)26(24,25)23(19-10-7-12-21-17-19)16-8-15-22-13-5-6-14-22;/h3-4,9,11,19,21H,2,5-8,10,12-17H2,1H3;1H. The summed E-state index contributed by atoms with van der Waals surface area (Å²) in [6.45, 7) is 7.72. The molecule has 1 N–H and O–H groups in total. The third kappa shape index (κ3) is 5.67. The molecule has 1 aromatic carbocycles. The van der Waals surface area contributed by atoms with Crippen molar-refractivity contribution in [1.82, 2.24) is 14.5 Å². The predicted molar refractivity (Wildman–Crippen MR) is 113 cm³/mol. The lowest BCUT2D eigenvalue weighted by Gasteiger charge is -2.34. The van der Waals surface area contributed by atoms with Crippen molar-refractivity contribution < 1.29 is 8.42 Å². The van der Waals surface area contributed by atoms with Crippen LogP contribution in [0.3, 0.4) is 0 Å². The average molecular weight is 416 g/mol. The van der Waals surface area contributed by atoms with Gasteiger partial charge in [-0.1, -0.05) is 25.1 Å². The molecule has 0 spiro atoms. The van der Waals surface area contributed by atoms with Gasteiger partial charge in [-0.25, -0.2) is 8.42 Å². The van der Waals surface area contributed by atoms with Crippen LogP contribution in [-0.4, -0.2) is 62.9 Å².